The molecule has 0 aliphatic rings. The number of nitrogens with zero attached hydrogens (tertiary/aromatic N) is 4. The van der Waals surface area contributed by atoms with E-state index in [0.717, 1.165) is 87.9 Å². The maximum atomic E-state index is 6.35. The van der Waals surface area contributed by atoms with Crippen LogP contribution in [0.25, 0.3) is 106 Å². The van der Waals surface area contributed by atoms with Crippen molar-refractivity contribution in [3.63, 3.8) is 0 Å². The highest BCUT2D eigenvalue weighted by atomic mass is 16.3. The molecule has 11 rings (SSSR count). The Morgan fingerprint density at radius 1 is 0.333 bits per heavy atom. The van der Waals surface area contributed by atoms with Crippen LogP contribution in [0.2, 0.25) is 0 Å². The molecule has 0 bridgehead atoms. The minimum atomic E-state index is 0.567. The molecule has 6 heteroatoms. The fourth-order valence-electron chi connectivity index (χ4n) is 7.45. The second-order valence-corrected chi connectivity index (χ2v) is 12.9. The van der Waals surface area contributed by atoms with Crippen molar-refractivity contribution in [3.8, 4) is 39.9 Å². The number of rotatable bonds is 4. The van der Waals surface area contributed by atoms with Crippen molar-refractivity contribution in [1.29, 1.82) is 0 Å². The van der Waals surface area contributed by atoms with Crippen LogP contribution in [0.1, 0.15) is 0 Å². The first-order chi connectivity index (χ1) is 25.2. The molecule has 0 aliphatic carbocycles. The lowest BCUT2D eigenvalue weighted by molar-refractivity contribution is 0.668. The van der Waals surface area contributed by atoms with Gasteiger partial charge in [0.05, 0.1) is 11.0 Å². The van der Waals surface area contributed by atoms with Gasteiger partial charge in [0.25, 0.3) is 0 Å². The van der Waals surface area contributed by atoms with Crippen LogP contribution in [-0.4, -0.2) is 19.5 Å². The van der Waals surface area contributed by atoms with E-state index < -0.39 is 0 Å². The van der Waals surface area contributed by atoms with E-state index in [1.165, 1.54) is 0 Å². The highest BCUT2D eigenvalue weighted by molar-refractivity contribution is 6.10. The first kappa shape index (κ1) is 27.9. The Hall–Kier alpha value is -7.05. The number of hydrogen-bond donors (Lipinski definition) is 0. The first-order valence-corrected chi connectivity index (χ1v) is 16.9. The summed E-state index contributed by atoms with van der Waals surface area (Å²) in [7, 11) is 0. The molecule has 11 aromatic rings. The van der Waals surface area contributed by atoms with Gasteiger partial charge in [-0.2, -0.15) is 9.97 Å². The molecule has 0 radical (unpaired) electrons. The Balaban J connectivity index is 1.10. The van der Waals surface area contributed by atoms with Crippen LogP contribution >= 0.6 is 0 Å². The molecule has 0 N–H and O–H groups in total. The van der Waals surface area contributed by atoms with E-state index >= 15 is 0 Å². The van der Waals surface area contributed by atoms with Gasteiger partial charge < -0.3 is 8.83 Å². The Morgan fingerprint density at radius 3 is 1.41 bits per heavy atom. The third-order valence-corrected chi connectivity index (χ3v) is 9.87. The number of para-hydroxylation sites is 3. The summed E-state index contributed by atoms with van der Waals surface area (Å²) in [6, 6.07) is 54.0. The van der Waals surface area contributed by atoms with E-state index in [9.17, 15) is 0 Å². The van der Waals surface area contributed by atoms with E-state index in [1.54, 1.807) is 0 Å². The van der Waals surface area contributed by atoms with Gasteiger partial charge >= 0.3 is 0 Å². The summed E-state index contributed by atoms with van der Waals surface area (Å²) < 4.78 is 14.6. The van der Waals surface area contributed by atoms with Crippen molar-refractivity contribution < 1.29 is 8.83 Å². The molecule has 6 nitrogen and oxygen atoms in total. The van der Waals surface area contributed by atoms with E-state index in [-0.39, 0.29) is 0 Å². The molecule has 51 heavy (non-hydrogen) atoms. The summed E-state index contributed by atoms with van der Waals surface area (Å²) in [6.07, 6.45) is 0. The summed E-state index contributed by atoms with van der Waals surface area (Å²) in [4.78, 5) is 15.3. The highest BCUT2D eigenvalue weighted by Crippen LogP contribution is 2.38. The molecule has 0 saturated carbocycles. The van der Waals surface area contributed by atoms with Crippen molar-refractivity contribution in [1.82, 2.24) is 19.5 Å². The van der Waals surface area contributed by atoms with Crippen LogP contribution in [0.5, 0.6) is 0 Å². The number of hydrogen-bond acceptors (Lipinski definition) is 5. The molecule has 0 saturated heterocycles. The molecular formula is C45H26N4O2. The van der Waals surface area contributed by atoms with Gasteiger partial charge in [-0.05, 0) is 71.8 Å². The summed E-state index contributed by atoms with van der Waals surface area (Å²) in [5.41, 5.74) is 9.50. The van der Waals surface area contributed by atoms with Gasteiger partial charge in [-0.15, -0.1) is 0 Å². The molecule has 4 aromatic heterocycles. The first-order valence-electron chi connectivity index (χ1n) is 16.9. The van der Waals surface area contributed by atoms with E-state index in [4.69, 9.17) is 23.8 Å². The lowest BCUT2D eigenvalue weighted by atomic mass is 10.00. The molecule has 0 fully saturated rings. The normalized spacial score (nSPS) is 11.9. The summed E-state index contributed by atoms with van der Waals surface area (Å²) in [5, 5.41) is 6.55. The van der Waals surface area contributed by atoms with Gasteiger partial charge in [0, 0.05) is 43.4 Å². The minimum Gasteiger partial charge on any atom is -0.456 e. The zero-order valence-corrected chi connectivity index (χ0v) is 27.1. The molecule has 238 valence electrons. The predicted octanol–water partition coefficient (Wildman–Crippen LogP) is 11.8. The van der Waals surface area contributed by atoms with Crippen LogP contribution in [0, 0.1) is 0 Å². The lowest BCUT2D eigenvalue weighted by Gasteiger charge is -2.11. The monoisotopic (exact) mass is 654 g/mol. The maximum absolute atomic E-state index is 6.35. The van der Waals surface area contributed by atoms with Crippen LogP contribution < -0.4 is 0 Å². The Kier molecular flexibility index (Phi) is 5.86. The van der Waals surface area contributed by atoms with Gasteiger partial charge in [0.1, 0.15) is 22.3 Å². The van der Waals surface area contributed by atoms with Crippen molar-refractivity contribution >= 4 is 65.7 Å². The van der Waals surface area contributed by atoms with Crippen molar-refractivity contribution in [2.24, 2.45) is 0 Å². The van der Waals surface area contributed by atoms with Crippen molar-refractivity contribution in [2.45, 2.75) is 0 Å². The van der Waals surface area contributed by atoms with E-state index in [0.29, 0.717) is 17.6 Å². The minimum absolute atomic E-state index is 0.567. The third-order valence-electron chi connectivity index (χ3n) is 9.87. The number of furan rings is 2. The van der Waals surface area contributed by atoms with Crippen molar-refractivity contribution in [3.05, 3.63) is 158 Å². The van der Waals surface area contributed by atoms with Gasteiger partial charge in [-0.3, -0.25) is 4.57 Å². The average Bonchev–Trinajstić information content (AvgIpc) is 3.87. The number of benzene rings is 7. The largest absolute Gasteiger partial charge is 0.456 e. The predicted molar refractivity (Wildman–Crippen MR) is 205 cm³/mol. The zero-order valence-electron chi connectivity index (χ0n) is 27.1. The molecular weight excluding hydrogens is 629 g/mol. The Morgan fingerprint density at radius 2 is 0.784 bits per heavy atom. The van der Waals surface area contributed by atoms with Gasteiger partial charge in [0.15, 0.2) is 11.6 Å². The van der Waals surface area contributed by atoms with Crippen LogP contribution in [-0.2, 0) is 0 Å². The molecule has 4 heterocycles. The standard InChI is InChI=1S/C45H26N4O2/c1-2-10-27(11-3-1)43-46-44(48-45(47-43)49-37-15-7-4-12-31(37)32-13-5-8-16-38(32)49)30-20-23-42-36(26-30)35-25-29(19-22-41(35)51-42)28-18-21-40-34(24-28)33-14-6-9-17-39(33)50-40/h1-26H. The highest BCUT2D eigenvalue weighted by Gasteiger charge is 2.19. The number of aromatic nitrogens is 4. The van der Waals surface area contributed by atoms with Gasteiger partial charge in [-0.25, -0.2) is 4.98 Å². The Labute approximate surface area is 290 Å². The van der Waals surface area contributed by atoms with E-state index in [1.807, 2.05) is 60.7 Å². The van der Waals surface area contributed by atoms with Crippen LogP contribution in [0.15, 0.2) is 167 Å². The van der Waals surface area contributed by atoms with Gasteiger partial charge in [0.2, 0.25) is 5.95 Å². The quantitative estimate of drug-likeness (QED) is 0.189. The zero-order chi connectivity index (χ0) is 33.5. The second kappa shape index (κ2) is 10.7. The summed E-state index contributed by atoms with van der Waals surface area (Å²) in [5.74, 6) is 1.77. The third kappa shape index (κ3) is 4.33. The van der Waals surface area contributed by atoms with Crippen molar-refractivity contribution in [2.75, 3.05) is 0 Å². The SMILES string of the molecule is c1ccc(-c2nc(-c3ccc4oc5ccc(-c6ccc7oc8ccccc8c7c6)cc5c4c3)nc(-n3c4ccccc4c4ccccc43)n2)cc1. The summed E-state index contributed by atoms with van der Waals surface area (Å²) in [6.45, 7) is 0. The lowest BCUT2D eigenvalue weighted by Crippen LogP contribution is -2.06. The fourth-order valence-corrected chi connectivity index (χ4v) is 7.45. The Bertz CT molecular complexity index is 3100. The maximum Gasteiger partial charge on any atom is 0.238 e. The van der Waals surface area contributed by atoms with Crippen LogP contribution in [0.4, 0.5) is 0 Å². The average molecular weight is 655 g/mol. The molecule has 7 aromatic carbocycles. The molecule has 0 atom stereocenters. The summed E-state index contributed by atoms with van der Waals surface area (Å²) >= 11 is 0. The molecule has 0 aliphatic heterocycles. The molecule has 0 unspecified atom stereocenters. The number of fused-ring (bicyclic) bond motifs is 9. The van der Waals surface area contributed by atoms with E-state index in [2.05, 4.69) is 102 Å². The topological polar surface area (TPSA) is 69.9 Å². The smallest absolute Gasteiger partial charge is 0.238 e. The van der Waals surface area contributed by atoms with Gasteiger partial charge in [-0.1, -0.05) is 97.1 Å². The fraction of sp³-hybridized carbons (Fsp3) is 0. The van der Waals surface area contributed by atoms with Crippen LogP contribution in [0.3, 0.4) is 0 Å². The molecule has 0 amide bonds. The molecule has 0 spiro atoms. The second-order valence-electron chi connectivity index (χ2n) is 12.9.